The van der Waals surface area contributed by atoms with E-state index in [0.29, 0.717) is 6.04 Å². The molecule has 88 valence electrons. The molecule has 0 aromatic carbocycles. The van der Waals surface area contributed by atoms with Gasteiger partial charge in [-0.25, -0.2) is 9.97 Å². The summed E-state index contributed by atoms with van der Waals surface area (Å²) in [4.78, 5) is 8.16. The number of nitrogens with zero attached hydrogens (tertiary/aromatic N) is 2. The molecule has 0 amide bonds. The fraction of sp³-hybridized carbons (Fsp3) is 0.692. The van der Waals surface area contributed by atoms with Gasteiger partial charge in [-0.3, -0.25) is 0 Å². The molecule has 16 heavy (non-hydrogen) atoms. The van der Waals surface area contributed by atoms with Gasteiger partial charge in [-0.05, 0) is 24.8 Å². The minimum absolute atomic E-state index is 0.689. The van der Waals surface area contributed by atoms with Crippen LogP contribution < -0.4 is 5.32 Å². The number of hydrogen-bond donors (Lipinski definition) is 1. The summed E-state index contributed by atoms with van der Waals surface area (Å²) in [6.45, 7) is 3.18. The van der Waals surface area contributed by atoms with E-state index in [2.05, 4.69) is 22.2 Å². The highest BCUT2D eigenvalue weighted by Gasteiger charge is 2.19. The van der Waals surface area contributed by atoms with Crippen molar-refractivity contribution in [3.63, 3.8) is 0 Å². The normalized spacial score (nSPS) is 25.6. The molecule has 1 heterocycles. The van der Waals surface area contributed by atoms with Crippen LogP contribution in [0.25, 0.3) is 0 Å². The molecule has 1 fully saturated rings. The lowest BCUT2D eigenvalue weighted by molar-refractivity contribution is 0.278. The summed E-state index contributed by atoms with van der Waals surface area (Å²) in [5.74, 6) is 0.927. The first-order valence-corrected chi connectivity index (χ1v) is 6.36. The summed E-state index contributed by atoms with van der Waals surface area (Å²) >= 11 is 0. The third kappa shape index (κ3) is 3.27. The molecule has 1 aliphatic rings. The second-order valence-electron chi connectivity index (χ2n) is 4.72. The smallest absolute Gasteiger partial charge is 0.115 e. The number of nitrogens with one attached hydrogen (secondary N) is 1. The van der Waals surface area contributed by atoms with Gasteiger partial charge in [0.05, 0.1) is 5.69 Å². The molecule has 1 N–H and O–H groups in total. The van der Waals surface area contributed by atoms with Crippen LogP contribution in [0, 0.1) is 5.92 Å². The fourth-order valence-electron chi connectivity index (χ4n) is 2.52. The van der Waals surface area contributed by atoms with Gasteiger partial charge in [0, 0.05) is 18.8 Å². The van der Waals surface area contributed by atoms with Gasteiger partial charge in [-0.15, -0.1) is 0 Å². The summed E-state index contributed by atoms with van der Waals surface area (Å²) < 4.78 is 0. The number of aromatic nitrogens is 2. The third-order valence-corrected chi connectivity index (χ3v) is 3.58. The summed E-state index contributed by atoms with van der Waals surface area (Å²) in [6.07, 6.45) is 10.2. The first-order valence-electron chi connectivity index (χ1n) is 6.36. The van der Waals surface area contributed by atoms with Gasteiger partial charge < -0.3 is 5.32 Å². The lowest BCUT2D eigenvalue weighted by atomic mass is 9.84. The van der Waals surface area contributed by atoms with E-state index in [1.807, 2.05) is 6.07 Å². The van der Waals surface area contributed by atoms with Crippen molar-refractivity contribution in [2.75, 3.05) is 0 Å². The highest BCUT2D eigenvalue weighted by molar-refractivity contribution is 4.97. The molecule has 1 aromatic rings. The van der Waals surface area contributed by atoms with Crippen LogP contribution in [0.15, 0.2) is 18.6 Å². The van der Waals surface area contributed by atoms with Crippen LogP contribution in [0.4, 0.5) is 0 Å². The van der Waals surface area contributed by atoms with Crippen LogP contribution in [0.5, 0.6) is 0 Å². The number of rotatable bonds is 4. The van der Waals surface area contributed by atoms with Gasteiger partial charge in [0.2, 0.25) is 0 Å². The summed E-state index contributed by atoms with van der Waals surface area (Å²) in [5.41, 5.74) is 1.09. The molecular formula is C13H21N3. The lowest BCUT2D eigenvalue weighted by Crippen LogP contribution is -2.33. The van der Waals surface area contributed by atoms with Gasteiger partial charge in [0.25, 0.3) is 0 Å². The Hall–Kier alpha value is -0.960. The molecule has 0 radical (unpaired) electrons. The summed E-state index contributed by atoms with van der Waals surface area (Å²) in [6, 6.07) is 2.67. The van der Waals surface area contributed by atoms with Crippen molar-refractivity contribution in [2.24, 2.45) is 5.92 Å². The van der Waals surface area contributed by atoms with Crippen molar-refractivity contribution in [1.82, 2.24) is 15.3 Å². The standard InChI is InChI=1S/C13H21N3/c1-2-11-4-3-5-12(8-11)15-9-13-6-7-14-10-16-13/h6-7,10-12,15H,2-5,8-9H2,1H3. The van der Waals surface area contributed by atoms with Crippen LogP contribution in [-0.4, -0.2) is 16.0 Å². The molecule has 2 rings (SSSR count). The predicted octanol–water partition coefficient (Wildman–Crippen LogP) is 2.54. The van der Waals surface area contributed by atoms with Gasteiger partial charge in [-0.2, -0.15) is 0 Å². The molecule has 0 aliphatic heterocycles. The zero-order valence-electron chi connectivity index (χ0n) is 10.0. The van der Waals surface area contributed by atoms with E-state index in [1.54, 1.807) is 12.5 Å². The Balaban J connectivity index is 1.77. The molecule has 2 atom stereocenters. The Labute approximate surface area is 97.7 Å². The molecular weight excluding hydrogens is 198 g/mol. The maximum Gasteiger partial charge on any atom is 0.115 e. The quantitative estimate of drug-likeness (QED) is 0.845. The van der Waals surface area contributed by atoms with E-state index < -0.39 is 0 Å². The minimum atomic E-state index is 0.689. The average molecular weight is 219 g/mol. The molecule has 3 nitrogen and oxygen atoms in total. The van der Waals surface area contributed by atoms with Crippen LogP contribution in [-0.2, 0) is 6.54 Å². The topological polar surface area (TPSA) is 37.8 Å². The molecule has 0 saturated heterocycles. The SMILES string of the molecule is CCC1CCCC(NCc2ccncn2)C1. The van der Waals surface area contributed by atoms with E-state index in [0.717, 1.165) is 18.2 Å². The largest absolute Gasteiger partial charge is 0.308 e. The summed E-state index contributed by atoms with van der Waals surface area (Å²) in [5, 5.41) is 3.61. The third-order valence-electron chi connectivity index (χ3n) is 3.58. The first kappa shape index (κ1) is 11.5. The Morgan fingerprint density at radius 3 is 3.12 bits per heavy atom. The van der Waals surface area contributed by atoms with Crippen molar-refractivity contribution >= 4 is 0 Å². The second-order valence-corrected chi connectivity index (χ2v) is 4.72. The minimum Gasteiger partial charge on any atom is -0.308 e. The maximum absolute atomic E-state index is 4.23. The molecule has 2 unspecified atom stereocenters. The Morgan fingerprint density at radius 2 is 2.38 bits per heavy atom. The van der Waals surface area contributed by atoms with Crippen molar-refractivity contribution in [3.05, 3.63) is 24.3 Å². The highest BCUT2D eigenvalue weighted by Crippen LogP contribution is 2.26. The van der Waals surface area contributed by atoms with E-state index >= 15 is 0 Å². The average Bonchev–Trinajstić information content (AvgIpc) is 2.38. The zero-order chi connectivity index (χ0) is 11.2. The predicted molar refractivity (Wildman–Crippen MR) is 64.9 cm³/mol. The van der Waals surface area contributed by atoms with Crippen molar-refractivity contribution in [2.45, 2.75) is 51.6 Å². The van der Waals surface area contributed by atoms with Crippen molar-refractivity contribution in [1.29, 1.82) is 0 Å². The lowest BCUT2D eigenvalue weighted by Gasteiger charge is -2.29. The van der Waals surface area contributed by atoms with Gasteiger partial charge in [0.15, 0.2) is 0 Å². The van der Waals surface area contributed by atoms with Gasteiger partial charge >= 0.3 is 0 Å². The fourth-order valence-corrected chi connectivity index (χ4v) is 2.52. The van der Waals surface area contributed by atoms with Gasteiger partial charge in [-0.1, -0.05) is 26.2 Å². The molecule has 1 aliphatic carbocycles. The van der Waals surface area contributed by atoms with Crippen LogP contribution in [0.3, 0.4) is 0 Å². The first-order chi connectivity index (χ1) is 7.88. The second kappa shape index (κ2) is 5.94. The van der Waals surface area contributed by atoms with E-state index in [4.69, 9.17) is 0 Å². The highest BCUT2D eigenvalue weighted by atomic mass is 14.9. The van der Waals surface area contributed by atoms with E-state index in [-0.39, 0.29) is 0 Å². The number of hydrogen-bond acceptors (Lipinski definition) is 3. The molecule has 0 bridgehead atoms. The molecule has 0 spiro atoms. The van der Waals surface area contributed by atoms with E-state index in [1.165, 1.54) is 32.1 Å². The molecule has 1 aromatic heterocycles. The Kier molecular flexibility index (Phi) is 4.28. The Morgan fingerprint density at radius 1 is 1.44 bits per heavy atom. The maximum atomic E-state index is 4.23. The van der Waals surface area contributed by atoms with Crippen LogP contribution in [0.1, 0.15) is 44.7 Å². The van der Waals surface area contributed by atoms with Crippen molar-refractivity contribution < 1.29 is 0 Å². The van der Waals surface area contributed by atoms with Crippen LogP contribution in [0.2, 0.25) is 0 Å². The van der Waals surface area contributed by atoms with Crippen molar-refractivity contribution in [3.8, 4) is 0 Å². The van der Waals surface area contributed by atoms with Crippen LogP contribution >= 0.6 is 0 Å². The summed E-state index contributed by atoms with van der Waals surface area (Å²) in [7, 11) is 0. The Bertz CT molecular complexity index is 299. The molecule has 3 heteroatoms. The monoisotopic (exact) mass is 219 g/mol. The van der Waals surface area contributed by atoms with E-state index in [9.17, 15) is 0 Å². The zero-order valence-corrected chi connectivity index (χ0v) is 10.0. The van der Waals surface area contributed by atoms with Gasteiger partial charge in [0.1, 0.15) is 6.33 Å². The molecule has 1 saturated carbocycles.